The molecule has 0 aliphatic carbocycles. The van der Waals surface area contributed by atoms with Crippen molar-refractivity contribution >= 4 is 11.6 Å². The van der Waals surface area contributed by atoms with Crippen LogP contribution in [0.4, 0.5) is 4.39 Å². The van der Waals surface area contributed by atoms with E-state index in [2.05, 4.69) is 10.4 Å². The molecule has 0 saturated heterocycles. The van der Waals surface area contributed by atoms with Crippen molar-refractivity contribution in [3.63, 3.8) is 0 Å². The van der Waals surface area contributed by atoms with Crippen LogP contribution in [0.1, 0.15) is 31.0 Å². The summed E-state index contributed by atoms with van der Waals surface area (Å²) in [6.45, 7) is 5.59. The Kier molecular flexibility index (Phi) is 4.56. The number of aryl methyl sites for hydroxylation is 1. The molecule has 1 unspecified atom stereocenters. The Labute approximate surface area is 117 Å². The quantitative estimate of drug-likeness (QED) is 0.910. The van der Waals surface area contributed by atoms with E-state index in [0.717, 1.165) is 24.2 Å². The number of halogens is 2. The first-order valence-corrected chi connectivity index (χ1v) is 6.74. The lowest BCUT2D eigenvalue weighted by Crippen LogP contribution is -2.22. The Morgan fingerprint density at radius 2 is 2.21 bits per heavy atom. The lowest BCUT2D eigenvalue weighted by Gasteiger charge is -2.18. The second-order valence-electron chi connectivity index (χ2n) is 4.26. The minimum Gasteiger partial charge on any atom is -0.306 e. The lowest BCUT2D eigenvalue weighted by atomic mass is 10.0. The molecule has 1 aromatic heterocycles. The van der Waals surface area contributed by atoms with Crippen LogP contribution in [0.15, 0.2) is 30.6 Å². The molecule has 0 amide bonds. The first-order valence-electron chi connectivity index (χ1n) is 6.37. The predicted octanol–water partition coefficient (Wildman–Crippen LogP) is 3.39. The third kappa shape index (κ3) is 2.96. The van der Waals surface area contributed by atoms with E-state index in [1.165, 1.54) is 6.07 Å². The first kappa shape index (κ1) is 14.0. The molecule has 0 bridgehead atoms. The van der Waals surface area contributed by atoms with Crippen molar-refractivity contribution < 1.29 is 4.39 Å². The van der Waals surface area contributed by atoms with Gasteiger partial charge in [-0.15, -0.1) is 0 Å². The van der Waals surface area contributed by atoms with Gasteiger partial charge in [0.25, 0.3) is 0 Å². The number of aromatic nitrogens is 2. The Morgan fingerprint density at radius 1 is 1.42 bits per heavy atom. The maximum atomic E-state index is 13.6. The number of hydrogen-bond acceptors (Lipinski definition) is 2. The standard InChI is InChI=1S/C14H17ClFN3/c1-3-17-14(10-8-18-19(4-2)9-10)11-6-5-7-12(16)13(11)15/h5-9,14,17H,3-4H2,1-2H3. The zero-order valence-corrected chi connectivity index (χ0v) is 11.8. The third-order valence-electron chi connectivity index (χ3n) is 3.01. The average molecular weight is 282 g/mol. The molecular weight excluding hydrogens is 265 g/mol. The maximum Gasteiger partial charge on any atom is 0.142 e. The molecule has 0 aliphatic heterocycles. The fourth-order valence-corrected chi connectivity index (χ4v) is 2.29. The van der Waals surface area contributed by atoms with Crippen molar-refractivity contribution in [2.24, 2.45) is 0 Å². The molecule has 2 rings (SSSR count). The molecule has 0 radical (unpaired) electrons. The molecule has 1 aromatic carbocycles. The van der Waals surface area contributed by atoms with Gasteiger partial charge in [0.1, 0.15) is 5.82 Å². The van der Waals surface area contributed by atoms with Gasteiger partial charge in [0, 0.05) is 18.3 Å². The monoisotopic (exact) mass is 281 g/mol. The van der Waals surface area contributed by atoms with E-state index < -0.39 is 5.82 Å². The van der Waals surface area contributed by atoms with Crippen LogP contribution >= 0.6 is 11.6 Å². The molecule has 102 valence electrons. The molecular formula is C14H17ClFN3. The summed E-state index contributed by atoms with van der Waals surface area (Å²) in [4.78, 5) is 0. The highest BCUT2D eigenvalue weighted by Gasteiger charge is 2.19. The number of rotatable bonds is 5. The molecule has 0 fully saturated rings. The number of nitrogens with zero attached hydrogens (tertiary/aromatic N) is 2. The second kappa shape index (κ2) is 6.17. The van der Waals surface area contributed by atoms with E-state index in [1.807, 2.05) is 30.8 Å². The molecule has 3 nitrogen and oxygen atoms in total. The van der Waals surface area contributed by atoms with Crippen LogP contribution in [-0.4, -0.2) is 16.3 Å². The van der Waals surface area contributed by atoms with Crippen LogP contribution in [0, 0.1) is 5.82 Å². The van der Waals surface area contributed by atoms with Crippen LogP contribution in [0.5, 0.6) is 0 Å². The summed E-state index contributed by atoms with van der Waals surface area (Å²) >= 11 is 6.07. The summed E-state index contributed by atoms with van der Waals surface area (Å²) in [5, 5.41) is 7.74. The van der Waals surface area contributed by atoms with Crippen molar-refractivity contribution in [1.29, 1.82) is 0 Å². The molecule has 2 aromatic rings. The largest absolute Gasteiger partial charge is 0.306 e. The van der Waals surface area contributed by atoms with Crippen LogP contribution in [-0.2, 0) is 6.54 Å². The minimum absolute atomic E-state index is 0.145. The summed E-state index contributed by atoms with van der Waals surface area (Å²) in [5.74, 6) is -0.398. The molecule has 1 heterocycles. The molecule has 1 atom stereocenters. The Bertz CT molecular complexity index is 553. The van der Waals surface area contributed by atoms with Gasteiger partial charge in [-0.25, -0.2) is 4.39 Å². The predicted molar refractivity (Wildman–Crippen MR) is 74.8 cm³/mol. The summed E-state index contributed by atoms with van der Waals surface area (Å²) in [5.41, 5.74) is 1.72. The molecule has 1 N–H and O–H groups in total. The van der Waals surface area contributed by atoms with E-state index in [9.17, 15) is 4.39 Å². The highest BCUT2D eigenvalue weighted by Crippen LogP contribution is 2.29. The van der Waals surface area contributed by atoms with Gasteiger partial charge in [-0.2, -0.15) is 5.10 Å². The van der Waals surface area contributed by atoms with Gasteiger partial charge in [-0.3, -0.25) is 4.68 Å². The Morgan fingerprint density at radius 3 is 2.84 bits per heavy atom. The molecule has 5 heteroatoms. The van der Waals surface area contributed by atoms with Gasteiger partial charge in [0.2, 0.25) is 0 Å². The smallest absolute Gasteiger partial charge is 0.142 e. The van der Waals surface area contributed by atoms with Gasteiger partial charge >= 0.3 is 0 Å². The van der Waals surface area contributed by atoms with E-state index in [0.29, 0.717) is 0 Å². The summed E-state index contributed by atoms with van der Waals surface area (Å²) in [6, 6.07) is 4.73. The molecule has 0 saturated carbocycles. The van der Waals surface area contributed by atoms with Crippen LogP contribution in [0.3, 0.4) is 0 Å². The normalized spacial score (nSPS) is 12.6. The van der Waals surface area contributed by atoms with E-state index in [-0.39, 0.29) is 11.1 Å². The van der Waals surface area contributed by atoms with Gasteiger partial charge in [0.05, 0.1) is 17.3 Å². The minimum atomic E-state index is -0.398. The van der Waals surface area contributed by atoms with Crippen LogP contribution in [0.2, 0.25) is 5.02 Å². The van der Waals surface area contributed by atoms with E-state index in [1.54, 1.807) is 12.3 Å². The van der Waals surface area contributed by atoms with Gasteiger partial charge in [-0.1, -0.05) is 30.7 Å². The maximum absolute atomic E-state index is 13.6. The van der Waals surface area contributed by atoms with Crippen LogP contribution in [0.25, 0.3) is 0 Å². The van der Waals surface area contributed by atoms with Crippen molar-refractivity contribution in [2.45, 2.75) is 26.4 Å². The molecule has 19 heavy (non-hydrogen) atoms. The third-order valence-corrected chi connectivity index (χ3v) is 3.41. The number of nitrogens with one attached hydrogen (secondary N) is 1. The van der Waals surface area contributed by atoms with Crippen molar-refractivity contribution in [2.75, 3.05) is 6.54 Å². The van der Waals surface area contributed by atoms with Gasteiger partial charge in [0.15, 0.2) is 0 Å². The fourth-order valence-electron chi connectivity index (χ4n) is 2.06. The van der Waals surface area contributed by atoms with Crippen molar-refractivity contribution in [3.05, 3.63) is 52.6 Å². The fraction of sp³-hybridized carbons (Fsp3) is 0.357. The van der Waals surface area contributed by atoms with E-state index in [4.69, 9.17) is 11.6 Å². The van der Waals surface area contributed by atoms with E-state index >= 15 is 0 Å². The Hall–Kier alpha value is -1.39. The topological polar surface area (TPSA) is 29.9 Å². The van der Waals surface area contributed by atoms with Crippen molar-refractivity contribution in [1.82, 2.24) is 15.1 Å². The second-order valence-corrected chi connectivity index (χ2v) is 4.64. The average Bonchev–Trinajstić information content (AvgIpc) is 2.88. The molecule has 0 spiro atoms. The summed E-state index contributed by atoms with van der Waals surface area (Å²) in [6.07, 6.45) is 3.74. The highest BCUT2D eigenvalue weighted by molar-refractivity contribution is 6.31. The zero-order chi connectivity index (χ0) is 13.8. The van der Waals surface area contributed by atoms with Gasteiger partial charge < -0.3 is 5.32 Å². The number of hydrogen-bond donors (Lipinski definition) is 1. The zero-order valence-electron chi connectivity index (χ0n) is 11.0. The first-order chi connectivity index (χ1) is 9.17. The van der Waals surface area contributed by atoms with Gasteiger partial charge in [-0.05, 0) is 25.1 Å². The SMILES string of the molecule is CCNC(c1cnn(CC)c1)c1cccc(F)c1Cl. The molecule has 0 aliphatic rings. The lowest BCUT2D eigenvalue weighted by molar-refractivity contribution is 0.602. The van der Waals surface area contributed by atoms with Crippen LogP contribution < -0.4 is 5.32 Å². The van der Waals surface area contributed by atoms with Crippen molar-refractivity contribution in [3.8, 4) is 0 Å². The summed E-state index contributed by atoms with van der Waals surface area (Å²) in [7, 11) is 0. The highest BCUT2D eigenvalue weighted by atomic mass is 35.5. The summed E-state index contributed by atoms with van der Waals surface area (Å²) < 4.78 is 15.4. The Balaban J connectivity index is 2.42. The number of benzene rings is 1.